The molecule has 0 bridgehead atoms. The van der Waals surface area contributed by atoms with Gasteiger partial charge in [-0.3, -0.25) is 0 Å². The number of anilines is 5. The molecule has 0 amide bonds. The summed E-state index contributed by atoms with van der Waals surface area (Å²) in [5.41, 5.74) is 9.56. The molecule has 0 spiro atoms. The van der Waals surface area contributed by atoms with E-state index in [1.54, 1.807) is 49.4 Å². The van der Waals surface area contributed by atoms with E-state index in [0.29, 0.717) is 37.0 Å². The van der Waals surface area contributed by atoms with Crippen molar-refractivity contribution in [1.29, 1.82) is 0 Å². The molecule has 0 saturated carbocycles. The Morgan fingerprint density at radius 2 is 1.31 bits per heavy atom. The number of aromatic nitrogens is 2. The van der Waals surface area contributed by atoms with Crippen LogP contribution in [-0.2, 0) is 11.2 Å². The fourth-order valence-electron chi connectivity index (χ4n) is 5.65. The lowest BCUT2D eigenvalue weighted by Crippen LogP contribution is -2.33. The number of carbonyl (C=O) groups is 1. The number of carbonyl (C=O) groups excluding carboxylic acids is 1. The van der Waals surface area contributed by atoms with Crippen molar-refractivity contribution in [3.05, 3.63) is 153 Å². The van der Waals surface area contributed by atoms with Crippen LogP contribution in [0.25, 0.3) is 27.8 Å². The van der Waals surface area contributed by atoms with Gasteiger partial charge in [0.15, 0.2) is 0 Å². The van der Waals surface area contributed by atoms with Crippen molar-refractivity contribution in [1.82, 2.24) is 4.98 Å². The number of aliphatic hydroxyl groups is 1. The first-order valence-corrected chi connectivity index (χ1v) is 18.9. The largest absolute Gasteiger partial charge is 0.550 e. The molecular weight excluding hydrogens is 776 g/mol. The number of aliphatic hydroxyl groups excluding tert-OH is 1. The number of carboxylic acids is 1. The maximum atomic E-state index is 10.7. The van der Waals surface area contributed by atoms with Crippen LogP contribution in [0.2, 0.25) is 20.1 Å². The highest BCUT2D eigenvalue weighted by Crippen LogP contribution is 2.34. The summed E-state index contributed by atoms with van der Waals surface area (Å²) in [6.07, 6.45) is -0.175. The van der Waals surface area contributed by atoms with E-state index in [0.717, 1.165) is 44.8 Å². The Bertz CT molecular complexity index is 2370. The Labute approximate surface area is 340 Å². The number of fused-ring (bicyclic) bond motifs is 2. The number of carboxylic acid groups (broad SMARTS) is 1. The monoisotopic (exact) mass is 813 g/mol. The fraction of sp³-hybridized carbons (Fsp3) is 0.140. The molecule has 55 heavy (non-hydrogen) atoms. The van der Waals surface area contributed by atoms with Crippen molar-refractivity contribution in [2.24, 2.45) is 0 Å². The molecule has 6 aromatic carbocycles. The van der Waals surface area contributed by atoms with Crippen LogP contribution >= 0.6 is 46.4 Å². The van der Waals surface area contributed by atoms with E-state index in [1.807, 2.05) is 66.7 Å². The average molecular weight is 816 g/mol. The third kappa shape index (κ3) is 11.0. The van der Waals surface area contributed by atoms with Gasteiger partial charge < -0.3 is 31.0 Å². The molecule has 7 aromatic rings. The van der Waals surface area contributed by atoms with Gasteiger partial charge in [0, 0.05) is 70.7 Å². The van der Waals surface area contributed by atoms with Crippen molar-refractivity contribution in [3.8, 4) is 5.69 Å². The van der Waals surface area contributed by atoms with Crippen LogP contribution in [0, 0.1) is 0 Å². The smallest absolute Gasteiger partial charge is 0.239 e. The summed E-state index contributed by atoms with van der Waals surface area (Å²) in [5.74, 6) is -1.14. The predicted molar refractivity (Wildman–Crippen MR) is 227 cm³/mol. The molecule has 0 atom stereocenters. The van der Waals surface area contributed by atoms with Gasteiger partial charge in [0.25, 0.3) is 0 Å². The normalized spacial score (nSPS) is 10.6. The van der Waals surface area contributed by atoms with E-state index in [2.05, 4.69) is 52.6 Å². The Balaban J connectivity index is 0.000000224. The first-order valence-electron chi connectivity index (χ1n) is 17.4. The van der Waals surface area contributed by atoms with Crippen LogP contribution in [0.4, 0.5) is 28.4 Å². The van der Waals surface area contributed by atoms with E-state index in [9.17, 15) is 9.90 Å². The predicted octanol–water partition coefficient (Wildman–Crippen LogP) is 10.6. The minimum Gasteiger partial charge on any atom is -0.550 e. The molecule has 7 rings (SSSR count). The molecular formula is C43H39Cl4N5O3. The third-order valence-electron chi connectivity index (χ3n) is 7.95. The Kier molecular flexibility index (Phi) is 14.6. The lowest BCUT2D eigenvalue weighted by molar-refractivity contribution is -0.538. The third-order valence-corrected chi connectivity index (χ3v) is 9.08. The lowest BCUT2D eigenvalue weighted by Gasteiger charge is -2.17. The summed E-state index contributed by atoms with van der Waals surface area (Å²) in [6.45, 7) is 6.18. The van der Waals surface area contributed by atoms with Gasteiger partial charge in [-0.15, -0.1) is 4.57 Å². The quantitative estimate of drug-likeness (QED) is 0.0848. The van der Waals surface area contributed by atoms with Crippen LogP contribution in [-0.4, -0.2) is 28.7 Å². The number of nitrogens with one attached hydrogen (secondary N) is 3. The molecule has 0 radical (unpaired) electrons. The van der Waals surface area contributed by atoms with E-state index in [4.69, 9.17) is 56.5 Å². The van der Waals surface area contributed by atoms with E-state index < -0.39 is 5.97 Å². The van der Waals surface area contributed by atoms with Crippen molar-refractivity contribution in [2.45, 2.75) is 33.2 Å². The Morgan fingerprint density at radius 1 is 0.709 bits per heavy atom. The Hall–Kier alpha value is -5.09. The van der Waals surface area contributed by atoms with Crippen molar-refractivity contribution < 1.29 is 19.6 Å². The molecule has 1 aromatic heterocycles. The van der Waals surface area contributed by atoms with E-state index >= 15 is 0 Å². The highest BCUT2D eigenvalue weighted by atomic mass is 35.5. The molecule has 1 heterocycles. The molecule has 0 aliphatic heterocycles. The van der Waals surface area contributed by atoms with Gasteiger partial charge in [-0.1, -0.05) is 82.8 Å². The van der Waals surface area contributed by atoms with Gasteiger partial charge in [-0.2, -0.15) is 0 Å². The van der Waals surface area contributed by atoms with Gasteiger partial charge in [0.05, 0.1) is 27.1 Å². The fourth-order valence-corrected chi connectivity index (χ4v) is 6.39. The molecule has 4 N–H and O–H groups in total. The molecule has 0 aliphatic rings. The first kappa shape index (κ1) is 41.1. The minimum absolute atomic E-state index is 0.175. The average Bonchev–Trinajstić information content (AvgIpc) is 3.15. The number of nitrogens with zero attached hydrogens (tertiary/aromatic N) is 2. The molecule has 0 fully saturated rings. The summed E-state index contributed by atoms with van der Waals surface area (Å²) >= 11 is 24.4. The van der Waals surface area contributed by atoms with Gasteiger partial charge in [-0.05, 0) is 93.1 Å². The SMILES string of the molecule is CC(C)Nc1cc2c(cc1Nc1ccc(Cl)cc1)nc1ccccc1[n+]2-c1ccc(Cl)cc1.CCO.O=C([O-])Cc1ccccc1Nc1c(Cl)cccc1Cl. The molecule has 0 unspecified atom stereocenters. The van der Waals surface area contributed by atoms with Gasteiger partial charge in [0.1, 0.15) is 11.0 Å². The summed E-state index contributed by atoms with van der Waals surface area (Å²) in [4.78, 5) is 15.7. The van der Waals surface area contributed by atoms with Crippen molar-refractivity contribution >= 4 is 103 Å². The zero-order valence-electron chi connectivity index (χ0n) is 30.3. The summed E-state index contributed by atoms with van der Waals surface area (Å²) < 4.78 is 2.23. The van der Waals surface area contributed by atoms with Crippen LogP contribution in [0.15, 0.2) is 127 Å². The van der Waals surface area contributed by atoms with Crippen LogP contribution < -0.4 is 25.6 Å². The number of hydrogen-bond donors (Lipinski definition) is 4. The minimum atomic E-state index is -1.14. The zero-order valence-corrected chi connectivity index (χ0v) is 33.3. The summed E-state index contributed by atoms with van der Waals surface area (Å²) in [7, 11) is 0. The number of aliphatic carboxylic acids is 1. The van der Waals surface area contributed by atoms with E-state index in [-0.39, 0.29) is 19.1 Å². The number of para-hydroxylation sites is 4. The van der Waals surface area contributed by atoms with Gasteiger partial charge in [-0.25, -0.2) is 4.98 Å². The molecule has 282 valence electrons. The van der Waals surface area contributed by atoms with Crippen LogP contribution in [0.5, 0.6) is 0 Å². The standard InChI is InChI=1S/C27H22Cl2N4.C14H11Cl2NO2.C2H6O/c1-17(2)30-24-16-27-25(15-23(24)31-20-11-7-18(28)8-12-20)32-22-5-3-4-6-26(22)33(27)21-13-9-19(29)10-14-21;15-10-5-3-6-11(16)14(10)17-12-7-2-1-4-9(12)8-13(18)19;1-2-3/h3-17H,1-2H3,(H,31,32);1-7,17H,8H2,(H,18,19);3H,2H2,1H3. The number of hydrogen-bond acceptors (Lipinski definition) is 7. The summed E-state index contributed by atoms with van der Waals surface area (Å²) in [6, 6.07) is 40.4. The molecule has 0 aliphatic carbocycles. The highest BCUT2D eigenvalue weighted by Gasteiger charge is 2.22. The van der Waals surface area contributed by atoms with Crippen LogP contribution in [0.3, 0.4) is 0 Å². The van der Waals surface area contributed by atoms with E-state index in [1.165, 1.54) is 0 Å². The number of rotatable bonds is 9. The van der Waals surface area contributed by atoms with Gasteiger partial charge >= 0.3 is 0 Å². The van der Waals surface area contributed by atoms with Crippen molar-refractivity contribution in [3.63, 3.8) is 0 Å². The second-order valence-electron chi connectivity index (χ2n) is 12.5. The maximum Gasteiger partial charge on any atom is 0.239 e. The number of halogens is 4. The maximum absolute atomic E-state index is 10.7. The lowest BCUT2D eigenvalue weighted by atomic mass is 10.1. The highest BCUT2D eigenvalue weighted by molar-refractivity contribution is 6.39. The summed E-state index contributed by atoms with van der Waals surface area (Å²) in [5, 5.41) is 30.8. The Morgan fingerprint density at radius 3 is 1.95 bits per heavy atom. The molecule has 0 saturated heterocycles. The van der Waals surface area contributed by atoms with Crippen LogP contribution in [0.1, 0.15) is 26.3 Å². The second kappa shape index (κ2) is 19.5. The topological polar surface area (TPSA) is 113 Å². The first-order chi connectivity index (χ1) is 26.5. The molecule has 12 heteroatoms. The molecule has 8 nitrogen and oxygen atoms in total. The van der Waals surface area contributed by atoms with Crippen molar-refractivity contribution in [2.75, 3.05) is 22.6 Å². The second-order valence-corrected chi connectivity index (χ2v) is 14.2. The zero-order chi connectivity index (χ0) is 39.5. The van der Waals surface area contributed by atoms with Gasteiger partial charge in [0.2, 0.25) is 16.7 Å². The number of benzene rings is 6.